The number of carbonyl (C=O) groups is 3. The molecule has 0 saturated carbocycles. The minimum absolute atomic E-state index is 0.301. The van der Waals surface area contributed by atoms with Gasteiger partial charge in [0.05, 0.1) is 18.2 Å². The number of ether oxygens (including phenoxy) is 2. The third kappa shape index (κ3) is 4.59. The van der Waals surface area contributed by atoms with Gasteiger partial charge in [-0.05, 0) is 61.9 Å². The summed E-state index contributed by atoms with van der Waals surface area (Å²) in [7, 11) is 1.32. The maximum Gasteiger partial charge on any atom is 0.341 e. The van der Waals surface area contributed by atoms with E-state index in [9.17, 15) is 14.4 Å². The Kier molecular flexibility index (Phi) is 6.22. The summed E-state index contributed by atoms with van der Waals surface area (Å²) in [6, 6.07) is 6.24. The van der Waals surface area contributed by atoms with Crippen molar-refractivity contribution in [2.24, 2.45) is 5.92 Å². The molecule has 0 radical (unpaired) electrons. The van der Waals surface area contributed by atoms with Crippen molar-refractivity contribution in [1.29, 1.82) is 0 Å². The number of anilines is 2. The number of amides is 1. The Labute approximate surface area is 173 Å². The third-order valence-electron chi connectivity index (χ3n) is 4.94. The van der Waals surface area contributed by atoms with Crippen LogP contribution in [0.25, 0.3) is 0 Å². The van der Waals surface area contributed by atoms with Crippen molar-refractivity contribution < 1.29 is 23.9 Å². The number of carbonyl (C=O) groups excluding carboxylic acids is 3. The Morgan fingerprint density at radius 2 is 1.90 bits per heavy atom. The molecule has 8 heteroatoms. The van der Waals surface area contributed by atoms with Gasteiger partial charge in [-0.2, -0.15) is 0 Å². The van der Waals surface area contributed by atoms with E-state index in [0.717, 1.165) is 29.7 Å². The van der Waals surface area contributed by atoms with Crippen LogP contribution >= 0.6 is 11.3 Å². The Hall–Kier alpha value is -2.87. The molecule has 0 bridgehead atoms. The topological polar surface area (TPSA) is 108 Å². The zero-order valence-electron chi connectivity index (χ0n) is 16.6. The van der Waals surface area contributed by atoms with Gasteiger partial charge in [-0.15, -0.1) is 11.3 Å². The van der Waals surface area contributed by atoms with E-state index >= 15 is 0 Å². The van der Waals surface area contributed by atoms with Gasteiger partial charge in [0, 0.05) is 10.6 Å². The SMILES string of the molecule is COC(=O)c1c(NC(=O)C(C)OC(=O)c2ccc(N)cc2)sc2c1CCC(C)C2. The van der Waals surface area contributed by atoms with Crippen molar-refractivity contribution in [3.8, 4) is 0 Å². The van der Waals surface area contributed by atoms with Crippen LogP contribution < -0.4 is 11.1 Å². The normalized spacial score (nSPS) is 16.4. The lowest BCUT2D eigenvalue weighted by Gasteiger charge is -2.18. The van der Waals surface area contributed by atoms with E-state index in [-0.39, 0.29) is 0 Å². The lowest BCUT2D eigenvalue weighted by Crippen LogP contribution is -2.30. The highest BCUT2D eigenvalue weighted by Crippen LogP contribution is 2.40. The highest BCUT2D eigenvalue weighted by Gasteiger charge is 2.30. The van der Waals surface area contributed by atoms with E-state index in [2.05, 4.69) is 12.2 Å². The van der Waals surface area contributed by atoms with Crippen molar-refractivity contribution in [3.63, 3.8) is 0 Å². The first kappa shape index (κ1) is 20.9. The van der Waals surface area contributed by atoms with E-state index in [1.165, 1.54) is 37.5 Å². The highest BCUT2D eigenvalue weighted by molar-refractivity contribution is 7.17. The summed E-state index contributed by atoms with van der Waals surface area (Å²) in [5, 5.41) is 3.19. The molecule has 0 saturated heterocycles. The first-order valence-corrected chi connectivity index (χ1v) is 10.2. The van der Waals surface area contributed by atoms with Gasteiger partial charge in [-0.1, -0.05) is 6.92 Å². The molecule has 0 fully saturated rings. The van der Waals surface area contributed by atoms with Gasteiger partial charge < -0.3 is 20.5 Å². The van der Waals surface area contributed by atoms with Gasteiger partial charge in [0.25, 0.3) is 5.91 Å². The largest absolute Gasteiger partial charge is 0.465 e. The molecule has 3 rings (SSSR count). The van der Waals surface area contributed by atoms with Crippen molar-refractivity contribution >= 4 is 39.9 Å². The van der Waals surface area contributed by atoms with Crippen LogP contribution in [-0.2, 0) is 27.1 Å². The molecule has 1 aromatic carbocycles. The zero-order chi connectivity index (χ0) is 21.1. The Morgan fingerprint density at radius 3 is 2.55 bits per heavy atom. The summed E-state index contributed by atoms with van der Waals surface area (Å²) in [5.41, 5.74) is 7.79. The van der Waals surface area contributed by atoms with Gasteiger partial charge in [0.2, 0.25) is 0 Å². The molecule has 1 aliphatic rings. The number of nitrogens with one attached hydrogen (secondary N) is 1. The summed E-state index contributed by atoms with van der Waals surface area (Å²) in [5.74, 6) is -1.08. The number of fused-ring (bicyclic) bond motifs is 1. The van der Waals surface area contributed by atoms with E-state index in [1.807, 2.05) is 0 Å². The second kappa shape index (κ2) is 8.65. The highest BCUT2D eigenvalue weighted by atomic mass is 32.1. The summed E-state index contributed by atoms with van der Waals surface area (Å²) in [6.07, 6.45) is 1.58. The molecule has 154 valence electrons. The smallest absolute Gasteiger partial charge is 0.341 e. The number of benzene rings is 1. The Bertz CT molecular complexity index is 935. The number of esters is 2. The summed E-state index contributed by atoms with van der Waals surface area (Å²) >= 11 is 1.38. The first-order chi connectivity index (χ1) is 13.8. The van der Waals surface area contributed by atoms with Crippen LogP contribution in [0.4, 0.5) is 10.7 Å². The number of nitrogens with two attached hydrogens (primary N) is 1. The molecule has 1 aromatic heterocycles. The number of thiophene rings is 1. The lowest BCUT2D eigenvalue weighted by molar-refractivity contribution is -0.123. The minimum Gasteiger partial charge on any atom is -0.465 e. The molecule has 1 amide bonds. The Morgan fingerprint density at radius 1 is 1.21 bits per heavy atom. The van der Waals surface area contributed by atoms with Gasteiger partial charge in [0.1, 0.15) is 5.00 Å². The molecular formula is C21H24N2O5S. The van der Waals surface area contributed by atoms with Crippen LogP contribution in [0, 0.1) is 5.92 Å². The molecule has 29 heavy (non-hydrogen) atoms. The minimum atomic E-state index is -1.04. The number of hydrogen-bond donors (Lipinski definition) is 2. The lowest BCUT2D eigenvalue weighted by atomic mass is 9.88. The molecular weight excluding hydrogens is 392 g/mol. The van der Waals surface area contributed by atoms with Crippen molar-refractivity contribution in [1.82, 2.24) is 0 Å². The molecule has 2 aromatic rings. The third-order valence-corrected chi connectivity index (χ3v) is 6.11. The van der Waals surface area contributed by atoms with E-state index in [1.54, 1.807) is 12.1 Å². The maximum absolute atomic E-state index is 12.6. The summed E-state index contributed by atoms with van der Waals surface area (Å²) < 4.78 is 10.2. The van der Waals surface area contributed by atoms with E-state index in [0.29, 0.717) is 27.7 Å². The first-order valence-electron chi connectivity index (χ1n) is 9.40. The van der Waals surface area contributed by atoms with Crippen molar-refractivity contribution in [3.05, 3.63) is 45.8 Å². The standard InChI is InChI=1S/C21H24N2O5S/c1-11-4-9-15-16(10-11)29-19(17(15)21(26)27-3)23-18(24)12(2)28-20(25)13-5-7-14(22)8-6-13/h5-8,11-12H,4,9-10,22H2,1-3H3,(H,23,24). The van der Waals surface area contributed by atoms with Crippen LogP contribution in [0.2, 0.25) is 0 Å². The number of methoxy groups -OCH3 is 1. The average molecular weight is 416 g/mol. The monoisotopic (exact) mass is 416 g/mol. The summed E-state index contributed by atoms with van der Waals surface area (Å²) in [6.45, 7) is 3.65. The van der Waals surface area contributed by atoms with Gasteiger partial charge in [0.15, 0.2) is 6.10 Å². The zero-order valence-corrected chi connectivity index (χ0v) is 17.4. The second-order valence-electron chi connectivity index (χ2n) is 7.21. The number of nitrogen functional groups attached to an aromatic ring is 1. The quantitative estimate of drug-likeness (QED) is 0.571. The molecule has 0 aliphatic heterocycles. The van der Waals surface area contributed by atoms with Crippen LogP contribution in [0.3, 0.4) is 0 Å². The van der Waals surface area contributed by atoms with Crippen LogP contribution in [0.15, 0.2) is 24.3 Å². The van der Waals surface area contributed by atoms with E-state index < -0.39 is 23.9 Å². The van der Waals surface area contributed by atoms with E-state index in [4.69, 9.17) is 15.2 Å². The molecule has 1 heterocycles. The van der Waals surface area contributed by atoms with Gasteiger partial charge in [-0.25, -0.2) is 9.59 Å². The molecule has 3 N–H and O–H groups in total. The molecule has 2 atom stereocenters. The predicted molar refractivity (Wildman–Crippen MR) is 111 cm³/mol. The van der Waals surface area contributed by atoms with Crippen molar-refractivity contribution in [2.75, 3.05) is 18.2 Å². The van der Waals surface area contributed by atoms with Gasteiger partial charge >= 0.3 is 11.9 Å². The average Bonchev–Trinajstić information content (AvgIpc) is 3.04. The molecule has 1 aliphatic carbocycles. The maximum atomic E-state index is 12.6. The van der Waals surface area contributed by atoms with Crippen LogP contribution in [0.1, 0.15) is 51.4 Å². The van der Waals surface area contributed by atoms with Crippen molar-refractivity contribution in [2.45, 2.75) is 39.2 Å². The fourth-order valence-electron chi connectivity index (χ4n) is 3.27. The van der Waals surface area contributed by atoms with Crippen LogP contribution in [0.5, 0.6) is 0 Å². The fraction of sp³-hybridized carbons (Fsp3) is 0.381. The molecule has 0 spiro atoms. The number of hydrogen-bond acceptors (Lipinski definition) is 7. The molecule has 2 unspecified atom stereocenters. The number of rotatable bonds is 5. The Balaban J connectivity index is 1.75. The van der Waals surface area contributed by atoms with Gasteiger partial charge in [-0.3, -0.25) is 4.79 Å². The fourth-order valence-corrected chi connectivity index (χ4v) is 4.67. The summed E-state index contributed by atoms with van der Waals surface area (Å²) in [4.78, 5) is 38.3. The molecule has 7 nitrogen and oxygen atoms in total. The van der Waals surface area contributed by atoms with Crippen LogP contribution in [-0.4, -0.2) is 31.1 Å². The second-order valence-corrected chi connectivity index (χ2v) is 8.31. The predicted octanol–water partition coefficient (Wildman–Crippen LogP) is 3.43.